The zero-order valence-electron chi connectivity index (χ0n) is 14.8. The van der Waals surface area contributed by atoms with Gasteiger partial charge in [0.25, 0.3) is 5.91 Å². The van der Waals surface area contributed by atoms with Crippen molar-refractivity contribution in [2.45, 2.75) is 16.2 Å². The fraction of sp³-hybridized carbons (Fsp3) is 0.0476. The molecule has 0 aliphatic rings. The predicted molar refractivity (Wildman–Crippen MR) is 106 cm³/mol. The van der Waals surface area contributed by atoms with Crippen molar-refractivity contribution in [2.75, 3.05) is 0 Å². The van der Waals surface area contributed by atoms with E-state index in [1.165, 1.54) is 0 Å². The van der Waals surface area contributed by atoms with Crippen LogP contribution in [0.3, 0.4) is 0 Å². The number of aromatic amines is 1. The Bertz CT molecular complexity index is 1260. The molecule has 0 unspecified atom stereocenters. The minimum atomic E-state index is -3.56. The predicted octanol–water partition coefficient (Wildman–Crippen LogP) is 3.09. The number of carbonyl (C=O) groups excluding carboxylic acids is 1. The van der Waals surface area contributed by atoms with Gasteiger partial charge in [-0.25, -0.2) is 8.42 Å². The van der Waals surface area contributed by atoms with E-state index in [9.17, 15) is 13.2 Å². The Balaban J connectivity index is 1.69. The van der Waals surface area contributed by atoms with Crippen LogP contribution in [-0.4, -0.2) is 24.3 Å². The molecule has 0 radical (unpaired) electrons. The molecule has 3 N–H and O–H groups in total. The number of aromatic nitrogens is 2. The zero-order chi connectivity index (χ0) is 19.7. The van der Waals surface area contributed by atoms with Crippen LogP contribution in [0.15, 0.2) is 82.8 Å². The standard InChI is InChI=1S/C21H17N3O3S/c22-21(25)20-17(18-13-23-11-10-19(18)24-20)12-14-6-8-16(9-7-14)28(26,27)15-4-2-1-3-5-15/h1-11,13,24H,12H2,(H2,22,25). The number of nitrogens with zero attached hydrogens (tertiary/aromatic N) is 1. The van der Waals surface area contributed by atoms with E-state index in [-0.39, 0.29) is 9.79 Å². The van der Waals surface area contributed by atoms with E-state index in [4.69, 9.17) is 5.73 Å². The Kier molecular flexibility index (Phi) is 4.44. The average Bonchev–Trinajstić information content (AvgIpc) is 3.08. The molecule has 4 rings (SSSR count). The molecule has 0 bridgehead atoms. The molecular weight excluding hydrogens is 374 g/mol. The smallest absolute Gasteiger partial charge is 0.265 e. The second-order valence-electron chi connectivity index (χ2n) is 6.40. The fourth-order valence-electron chi connectivity index (χ4n) is 3.21. The van der Waals surface area contributed by atoms with E-state index >= 15 is 0 Å². The van der Waals surface area contributed by atoms with Crippen LogP contribution in [0.1, 0.15) is 21.6 Å². The molecule has 4 aromatic rings. The van der Waals surface area contributed by atoms with Gasteiger partial charge in [0.1, 0.15) is 5.69 Å². The Labute approximate surface area is 162 Å². The third-order valence-electron chi connectivity index (χ3n) is 4.62. The first kappa shape index (κ1) is 17.9. The van der Waals surface area contributed by atoms with Crippen LogP contribution in [0.25, 0.3) is 10.9 Å². The monoisotopic (exact) mass is 391 g/mol. The molecule has 0 saturated heterocycles. The highest BCUT2D eigenvalue weighted by Gasteiger charge is 2.19. The highest BCUT2D eigenvalue weighted by Crippen LogP contribution is 2.26. The molecular formula is C21H17N3O3S. The van der Waals surface area contributed by atoms with Gasteiger partial charge >= 0.3 is 0 Å². The van der Waals surface area contributed by atoms with Gasteiger partial charge in [0, 0.05) is 29.7 Å². The van der Waals surface area contributed by atoms with Crippen LogP contribution in [-0.2, 0) is 16.3 Å². The van der Waals surface area contributed by atoms with Crippen molar-refractivity contribution in [1.29, 1.82) is 0 Å². The zero-order valence-corrected chi connectivity index (χ0v) is 15.6. The number of H-pyrrole nitrogens is 1. The maximum absolute atomic E-state index is 12.7. The van der Waals surface area contributed by atoms with Crippen molar-refractivity contribution in [3.05, 3.63) is 89.9 Å². The molecule has 0 saturated carbocycles. The van der Waals surface area contributed by atoms with E-state index in [2.05, 4.69) is 9.97 Å². The Morgan fingerprint density at radius 2 is 1.64 bits per heavy atom. The van der Waals surface area contributed by atoms with Gasteiger partial charge in [0.2, 0.25) is 9.84 Å². The van der Waals surface area contributed by atoms with Gasteiger partial charge in [0.05, 0.1) is 9.79 Å². The van der Waals surface area contributed by atoms with Crippen LogP contribution in [0, 0.1) is 0 Å². The molecule has 140 valence electrons. The molecule has 0 aliphatic heterocycles. The fourth-order valence-corrected chi connectivity index (χ4v) is 4.49. The van der Waals surface area contributed by atoms with Crippen molar-refractivity contribution in [1.82, 2.24) is 9.97 Å². The summed E-state index contributed by atoms with van der Waals surface area (Å²) in [6.07, 6.45) is 3.74. The molecule has 2 aromatic carbocycles. The lowest BCUT2D eigenvalue weighted by Gasteiger charge is -2.07. The van der Waals surface area contributed by atoms with Gasteiger partial charge < -0.3 is 10.7 Å². The molecule has 2 aromatic heterocycles. The lowest BCUT2D eigenvalue weighted by atomic mass is 10.0. The quantitative estimate of drug-likeness (QED) is 0.545. The number of pyridine rings is 1. The van der Waals surface area contributed by atoms with Gasteiger partial charge in [-0.15, -0.1) is 0 Å². The van der Waals surface area contributed by atoms with Crippen LogP contribution in [0.2, 0.25) is 0 Å². The first-order chi connectivity index (χ1) is 13.5. The third-order valence-corrected chi connectivity index (χ3v) is 6.41. The summed E-state index contributed by atoms with van der Waals surface area (Å²) >= 11 is 0. The number of primary amides is 1. The molecule has 6 nitrogen and oxygen atoms in total. The highest BCUT2D eigenvalue weighted by atomic mass is 32.2. The first-order valence-corrected chi connectivity index (χ1v) is 10.1. The topological polar surface area (TPSA) is 106 Å². The molecule has 0 aliphatic carbocycles. The Hall–Kier alpha value is -3.45. The summed E-state index contributed by atoms with van der Waals surface area (Å²) in [6.45, 7) is 0. The minimum absolute atomic E-state index is 0.221. The van der Waals surface area contributed by atoms with Crippen LogP contribution in [0.5, 0.6) is 0 Å². The maximum atomic E-state index is 12.7. The van der Waals surface area contributed by atoms with Gasteiger partial charge in [-0.05, 0) is 41.5 Å². The molecule has 28 heavy (non-hydrogen) atoms. The number of fused-ring (bicyclic) bond motifs is 1. The SMILES string of the molecule is NC(=O)c1[nH]c2ccncc2c1Cc1ccc(S(=O)(=O)c2ccccc2)cc1. The minimum Gasteiger partial charge on any atom is -0.364 e. The normalized spacial score (nSPS) is 11.6. The Morgan fingerprint density at radius 3 is 2.32 bits per heavy atom. The van der Waals surface area contributed by atoms with E-state index in [1.807, 2.05) is 0 Å². The number of nitrogens with one attached hydrogen (secondary N) is 1. The van der Waals surface area contributed by atoms with Crippen LogP contribution < -0.4 is 5.73 Å². The number of sulfone groups is 1. The van der Waals surface area contributed by atoms with E-state index < -0.39 is 15.7 Å². The van der Waals surface area contributed by atoms with Crippen molar-refractivity contribution in [3.63, 3.8) is 0 Å². The van der Waals surface area contributed by atoms with Crippen LogP contribution >= 0.6 is 0 Å². The van der Waals surface area contributed by atoms with E-state index in [0.29, 0.717) is 12.1 Å². The summed E-state index contributed by atoms with van der Waals surface area (Å²) in [5.74, 6) is -0.547. The van der Waals surface area contributed by atoms with Crippen molar-refractivity contribution < 1.29 is 13.2 Å². The van der Waals surface area contributed by atoms with Crippen molar-refractivity contribution >= 4 is 26.6 Å². The Morgan fingerprint density at radius 1 is 0.964 bits per heavy atom. The molecule has 0 atom stereocenters. The lowest BCUT2D eigenvalue weighted by molar-refractivity contribution is 0.0995. The van der Waals surface area contributed by atoms with Gasteiger partial charge in [-0.1, -0.05) is 30.3 Å². The van der Waals surface area contributed by atoms with Gasteiger partial charge in [0.15, 0.2) is 0 Å². The lowest BCUT2D eigenvalue weighted by Crippen LogP contribution is -2.13. The van der Waals surface area contributed by atoms with E-state index in [0.717, 1.165) is 22.0 Å². The summed E-state index contributed by atoms with van der Waals surface area (Å²) in [5.41, 5.74) is 8.23. The molecule has 1 amide bonds. The summed E-state index contributed by atoms with van der Waals surface area (Å²) in [5, 5.41) is 0.817. The highest BCUT2D eigenvalue weighted by molar-refractivity contribution is 7.91. The summed E-state index contributed by atoms with van der Waals surface area (Å²) < 4.78 is 25.4. The number of rotatable bonds is 5. The van der Waals surface area contributed by atoms with Crippen molar-refractivity contribution in [2.24, 2.45) is 5.73 Å². The summed E-state index contributed by atoms with van der Waals surface area (Å²) in [6, 6.07) is 16.7. The number of benzene rings is 2. The van der Waals surface area contributed by atoms with Crippen LogP contribution in [0.4, 0.5) is 0 Å². The first-order valence-electron chi connectivity index (χ1n) is 8.60. The largest absolute Gasteiger partial charge is 0.364 e. The number of carbonyl (C=O) groups is 1. The molecule has 0 fully saturated rings. The number of hydrogen-bond donors (Lipinski definition) is 2. The third kappa shape index (κ3) is 3.16. The van der Waals surface area contributed by atoms with Gasteiger partial charge in [-0.2, -0.15) is 0 Å². The molecule has 7 heteroatoms. The molecule has 2 heterocycles. The summed E-state index contributed by atoms with van der Waals surface area (Å²) in [4.78, 5) is 19.4. The number of amides is 1. The van der Waals surface area contributed by atoms with Gasteiger partial charge in [-0.3, -0.25) is 9.78 Å². The van der Waals surface area contributed by atoms with E-state index in [1.54, 1.807) is 73.1 Å². The second kappa shape index (κ2) is 6.94. The number of hydrogen-bond acceptors (Lipinski definition) is 4. The second-order valence-corrected chi connectivity index (χ2v) is 8.35. The average molecular weight is 391 g/mol. The summed E-state index contributed by atoms with van der Waals surface area (Å²) in [7, 11) is -3.56. The number of nitrogens with two attached hydrogens (primary N) is 1. The van der Waals surface area contributed by atoms with Crippen molar-refractivity contribution in [3.8, 4) is 0 Å². The maximum Gasteiger partial charge on any atom is 0.265 e. The molecule has 0 spiro atoms.